The van der Waals surface area contributed by atoms with E-state index in [0.29, 0.717) is 66.5 Å². The third-order valence-corrected chi connectivity index (χ3v) is 6.01. The number of pyridine rings is 1. The van der Waals surface area contributed by atoms with E-state index >= 15 is 0 Å². The number of anilines is 2. The van der Waals surface area contributed by atoms with Crippen molar-refractivity contribution in [1.29, 1.82) is 0 Å². The molecule has 0 unspecified atom stereocenters. The highest BCUT2D eigenvalue weighted by Gasteiger charge is 2.34. The van der Waals surface area contributed by atoms with Crippen LogP contribution in [0.4, 0.5) is 16.3 Å². The van der Waals surface area contributed by atoms with Gasteiger partial charge in [0.2, 0.25) is 0 Å². The maximum absolute atomic E-state index is 13.0. The maximum atomic E-state index is 13.0. The van der Waals surface area contributed by atoms with Crippen LogP contribution >= 0.6 is 23.2 Å². The minimum absolute atomic E-state index is 0.0544. The first-order chi connectivity index (χ1) is 15.5. The van der Waals surface area contributed by atoms with Crippen molar-refractivity contribution in [1.82, 2.24) is 9.88 Å². The van der Waals surface area contributed by atoms with E-state index < -0.39 is 6.09 Å². The Balaban J connectivity index is 1.38. The molecule has 0 spiro atoms. The maximum Gasteiger partial charge on any atom is 0.414 e. The molecule has 1 aromatic carbocycles. The van der Waals surface area contributed by atoms with E-state index in [-0.39, 0.29) is 18.6 Å². The van der Waals surface area contributed by atoms with Crippen molar-refractivity contribution >= 4 is 46.7 Å². The van der Waals surface area contributed by atoms with Crippen molar-refractivity contribution in [2.24, 2.45) is 0 Å². The minimum atomic E-state index is -0.403. The Hall–Kier alpha value is -2.55. The summed E-state index contributed by atoms with van der Waals surface area (Å²) >= 11 is 12.2. The number of carbonyl (C=O) groups is 2. The van der Waals surface area contributed by atoms with Gasteiger partial charge >= 0.3 is 6.09 Å². The standard InChI is InChI=1S/C22H24Cl2N4O4/c1-2-31-13-18-14-32-22(30)28(18)17-5-3-15(4-6-17)21(29)27-9-7-26(8-10-27)20-19(24)11-16(23)12-25-20/h3-6,11-12,18H,2,7-10,13-14H2,1H3/t18-/m1/s1. The zero-order chi connectivity index (χ0) is 22.7. The SMILES string of the molecule is CCOC[C@@H]1COC(=O)N1c1ccc(C(=O)N2CCN(c3ncc(Cl)cc3Cl)CC2)cc1. The van der Waals surface area contributed by atoms with Crippen LogP contribution in [0.2, 0.25) is 10.0 Å². The Kier molecular flexibility index (Phi) is 7.03. The number of nitrogens with zero attached hydrogens (tertiary/aromatic N) is 4. The van der Waals surface area contributed by atoms with E-state index in [4.69, 9.17) is 32.7 Å². The fourth-order valence-electron chi connectivity index (χ4n) is 3.86. The molecule has 2 amide bonds. The topological polar surface area (TPSA) is 75.2 Å². The second kappa shape index (κ2) is 9.94. The number of hydrogen-bond donors (Lipinski definition) is 0. The van der Waals surface area contributed by atoms with Crippen LogP contribution in [0, 0.1) is 0 Å². The third kappa shape index (κ3) is 4.77. The molecule has 2 aliphatic heterocycles. The van der Waals surface area contributed by atoms with Gasteiger partial charge in [0.25, 0.3) is 5.91 Å². The zero-order valence-electron chi connectivity index (χ0n) is 17.7. The molecule has 1 atom stereocenters. The fraction of sp³-hybridized carbons (Fsp3) is 0.409. The molecular weight excluding hydrogens is 455 g/mol. The average molecular weight is 479 g/mol. The molecule has 8 nitrogen and oxygen atoms in total. The second-order valence-electron chi connectivity index (χ2n) is 7.55. The van der Waals surface area contributed by atoms with Gasteiger partial charge in [0.1, 0.15) is 12.4 Å². The summed E-state index contributed by atoms with van der Waals surface area (Å²) in [5, 5.41) is 0.985. The molecule has 0 saturated carbocycles. The summed E-state index contributed by atoms with van der Waals surface area (Å²) in [5.41, 5.74) is 1.25. The van der Waals surface area contributed by atoms with Crippen LogP contribution in [-0.4, -0.2) is 73.9 Å². The lowest BCUT2D eigenvalue weighted by Crippen LogP contribution is -2.49. The number of benzene rings is 1. The number of cyclic esters (lactones) is 1. The highest BCUT2D eigenvalue weighted by atomic mass is 35.5. The van der Waals surface area contributed by atoms with Crippen LogP contribution in [0.15, 0.2) is 36.5 Å². The number of hydrogen-bond acceptors (Lipinski definition) is 6. The number of rotatable bonds is 6. The van der Waals surface area contributed by atoms with Crippen LogP contribution in [0.25, 0.3) is 0 Å². The molecule has 32 heavy (non-hydrogen) atoms. The monoisotopic (exact) mass is 478 g/mol. The van der Waals surface area contributed by atoms with Gasteiger partial charge in [-0.3, -0.25) is 9.69 Å². The first-order valence-corrected chi connectivity index (χ1v) is 11.2. The van der Waals surface area contributed by atoms with Crippen molar-refractivity contribution in [3.05, 3.63) is 52.1 Å². The molecule has 2 saturated heterocycles. The van der Waals surface area contributed by atoms with Gasteiger partial charge in [-0.05, 0) is 37.3 Å². The number of ether oxygens (including phenoxy) is 2. The van der Waals surface area contributed by atoms with E-state index in [9.17, 15) is 9.59 Å². The zero-order valence-corrected chi connectivity index (χ0v) is 19.2. The van der Waals surface area contributed by atoms with Crippen molar-refractivity contribution in [3.63, 3.8) is 0 Å². The molecule has 10 heteroatoms. The quantitative estimate of drug-likeness (QED) is 0.629. The molecule has 3 heterocycles. The average Bonchev–Trinajstić information content (AvgIpc) is 3.17. The summed E-state index contributed by atoms with van der Waals surface area (Å²) in [7, 11) is 0. The van der Waals surface area contributed by atoms with Crippen LogP contribution in [0.5, 0.6) is 0 Å². The van der Waals surface area contributed by atoms with Gasteiger partial charge < -0.3 is 19.3 Å². The summed E-state index contributed by atoms with van der Waals surface area (Å²) < 4.78 is 10.6. The van der Waals surface area contributed by atoms with Crippen molar-refractivity contribution < 1.29 is 19.1 Å². The lowest BCUT2D eigenvalue weighted by Gasteiger charge is -2.35. The molecule has 2 aromatic rings. The summed E-state index contributed by atoms with van der Waals surface area (Å²) in [5.74, 6) is 0.618. The van der Waals surface area contributed by atoms with E-state index in [0.717, 1.165) is 0 Å². The number of amides is 2. The Bertz CT molecular complexity index is 980. The molecular formula is C22H24Cl2N4O4. The van der Waals surface area contributed by atoms with E-state index in [2.05, 4.69) is 4.98 Å². The predicted octanol–water partition coefficient (Wildman–Crippen LogP) is 3.71. The van der Waals surface area contributed by atoms with Gasteiger partial charge in [0, 0.05) is 50.2 Å². The summed E-state index contributed by atoms with van der Waals surface area (Å²) in [6, 6.07) is 8.51. The van der Waals surface area contributed by atoms with Crippen LogP contribution < -0.4 is 9.80 Å². The highest BCUT2D eigenvalue weighted by molar-refractivity contribution is 6.36. The number of carbonyl (C=O) groups excluding carboxylic acids is 2. The van der Waals surface area contributed by atoms with Crippen LogP contribution in [0.3, 0.4) is 0 Å². The Morgan fingerprint density at radius 2 is 1.91 bits per heavy atom. The first-order valence-electron chi connectivity index (χ1n) is 10.5. The lowest BCUT2D eigenvalue weighted by molar-refractivity contribution is 0.0746. The molecule has 2 aliphatic rings. The first kappa shape index (κ1) is 22.6. The predicted molar refractivity (Wildman–Crippen MR) is 123 cm³/mol. The largest absolute Gasteiger partial charge is 0.447 e. The number of piperazine rings is 1. The van der Waals surface area contributed by atoms with E-state index in [1.165, 1.54) is 0 Å². The minimum Gasteiger partial charge on any atom is -0.447 e. The summed E-state index contributed by atoms with van der Waals surface area (Å²) in [4.78, 5) is 34.9. The summed E-state index contributed by atoms with van der Waals surface area (Å²) in [6.45, 7) is 5.51. The van der Waals surface area contributed by atoms with Gasteiger partial charge in [-0.25, -0.2) is 9.78 Å². The molecule has 0 radical (unpaired) electrons. The lowest BCUT2D eigenvalue weighted by atomic mass is 10.1. The molecule has 2 fully saturated rings. The molecule has 170 valence electrons. The van der Waals surface area contributed by atoms with Crippen molar-refractivity contribution in [2.75, 3.05) is 55.8 Å². The molecule has 4 rings (SSSR count). The normalized spacial score (nSPS) is 18.8. The summed E-state index contributed by atoms with van der Waals surface area (Å²) in [6.07, 6.45) is 1.16. The Labute approximate surface area is 196 Å². The Morgan fingerprint density at radius 3 is 2.56 bits per heavy atom. The fourth-order valence-corrected chi connectivity index (χ4v) is 4.36. The molecule has 0 N–H and O–H groups in total. The number of halogens is 2. The molecule has 0 aliphatic carbocycles. The van der Waals surface area contributed by atoms with Crippen molar-refractivity contribution in [2.45, 2.75) is 13.0 Å². The number of aromatic nitrogens is 1. The van der Waals surface area contributed by atoms with Crippen molar-refractivity contribution in [3.8, 4) is 0 Å². The van der Waals surface area contributed by atoms with Crippen LogP contribution in [0.1, 0.15) is 17.3 Å². The highest BCUT2D eigenvalue weighted by Crippen LogP contribution is 2.28. The van der Waals surface area contributed by atoms with E-state index in [1.807, 2.05) is 11.8 Å². The third-order valence-electron chi connectivity index (χ3n) is 5.52. The Morgan fingerprint density at radius 1 is 1.19 bits per heavy atom. The molecule has 0 bridgehead atoms. The van der Waals surface area contributed by atoms with Gasteiger partial charge in [0.05, 0.1) is 22.7 Å². The van der Waals surface area contributed by atoms with Gasteiger partial charge in [-0.15, -0.1) is 0 Å². The van der Waals surface area contributed by atoms with E-state index in [1.54, 1.807) is 46.3 Å². The second-order valence-corrected chi connectivity index (χ2v) is 8.39. The van der Waals surface area contributed by atoms with Gasteiger partial charge in [-0.1, -0.05) is 23.2 Å². The smallest absolute Gasteiger partial charge is 0.414 e. The van der Waals surface area contributed by atoms with Crippen LogP contribution in [-0.2, 0) is 9.47 Å². The molecule has 1 aromatic heterocycles. The van der Waals surface area contributed by atoms with Gasteiger partial charge in [-0.2, -0.15) is 0 Å². The van der Waals surface area contributed by atoms with Gasteiger partial charge in [0.15, 0.2) is 0 Å².